The van der Waals surface area contributed by atoms with Gasteiger partial charge in [-0.05, 0) is 37.0 Å². The Morgan fingerprint density at radius 3 is 2.95 bits per heavy atom. The van der Waals surface area contributed by atoms with E-state index in [-0.39, 0.29) is 0 Å². The molecule has 0 saturated carbocycles. The fourth-order valence-electron chi connectivity index (χ4n) is 2.45. The van der Waals surface area contributed by atoms with Crippen LogP contribution < -0.4 is 11.1 Å². The van der Waals surface area contributed by atoms with Crippen molar-refractivity contribution in [3.05, 3.63) is 65.1 Å². The zero-order valence-corrected chi connectivity index (χ0v) is 12.9. The summed E-state index contributed by atoms with van der Waals surface area (Å²) in [5, 5.41) is 2.97. The van der Waals surface area contributed by atoms with E-state index >= 15 is 0 Å². The quantitative estimate of drug-likeness (QED) is 0.842. The Hall–Kier alpha value is -2.16. The van der Waals surface area contributed by atoms with Crippen molar-refractivity contribution in [1.29, 1.82) is 0 Å². The molecular weight excluding hydrogens is 260 g/mol. The molecule has 0 atom stereocenters. The molecule has 21 heavy (non-hydrogen) atoms. The molecule has 0 bridgehead atoms. The minimum atomic E-state index is 0.668. The first-order valence-corrected chi connectivity index (χ1v) is 7.42. The number of hydrogen-bond acceptors (Lipinski definition) is 3. The largest absolute Gasteiger partial charge is 0.493 e. The molecule has 0 spiro atoms. The molecule has 1 aromatic carbocycles. The molecule has 1 aromatic rings. The molecule has 1 aliphatic carbocycles. The van der Waals surface area contributed by atoms with Gasteiger partial charge in [-0.2, -0.15) is 0 Å². The van der Waals surface area contributed by atoms with Crippen LogP contribution in [-0.4, -0.2) is 13.7 Å². The molecule has 2 rings (SSSR count). The number of nitrogens with two attached hydrogens (primary N) is 1. The Labute approximate surface area is 127 Å². The van der Waals surface area contributed by atoms with Gasteiger partial charge in [0.2, 0.25) is 0 Å². The van der Waals surface area contributed by atoms with Crippen LogP contribution in [0.25, 0.3) is 5.70 Å². The summed E-state index contributed by atoms with van der Waals surface area (Å²) >= 11 is 0. The Balaban J connectivity index is 2.01. The first-order chi connectivity index (χ1) is 10.2. The summed E-state index contributed by atoms with van der Waals surface area (Å²) in [6.07, 6.45) is 9.13. The van der Waals surface area contributed by atoms with Gasteiger partial charge in [0, 0.05) is 25.2 Å². The summed E-state index contributed by atoms with van der Waals surface area (Å²) in [7, 11) is 1.85. The van der Waals surface area contributed by atoms with Gasteiger partial charge in [-0.1, -0.05) is 30.3 Å². The normalized spacial score (nSPS) is 15.2. The van der Waals surface area contributed by atoms with Gasteiger partial charge >= 0.3 is 0 Å². The lowest BCUT2D eigenvalue weighted by Crippen LogP contribution is -2.08. The molecular formula is C18H24N2O. The number of benzene rings is 1. The van der Waals surface area contributed by atoms with Crippen LogP contribution in [-0.2, 0) is 11.2 Å². The Morgan fingerprint density at radius 2 is 2.19 bits per heavy atom. The molecule has 0 radical (unpaired) electrons. The van der Waals surface area contributed by atoms with Crippen molar-refractivity contribution < 1.29 is 4.74 Å². The van der Waals surface area contributed by atoms with E-state index in [4.69, 9.17) is 10.5 Å². The average Bonchev–Trinajstić information content (AvgIpc) is 2.50. The molecule has 0 heterocycles. The van der Waals surface area contributed by atoms with Crippen molar-refractivity contribution >= 4 is 5.70 Å². The molecule has 0 saturated heterocycles. The predicted molar refractivity (Wildman–Crippen MR) is 88.4 cm³/mol. The highest BCUT2D eigenvalue weighted by molar-refractivity contribution is 5.65. The van der Waals surface area contributed by atoms with Crippen LogP contribution in [0.4, 0.5) is 0 Å². The predicted octanol–water partition coefficient (Wildman–Crippen LogP) is 3.35. The maximum Gasteiger partial charge on any atom is 0.117 e. The fraction of sp³-hybridized carbons (Fsp3) is 0.333. The third-order valence-electron chi connectivity index (χ3n) is 3.63. The second-order valence-corrected chi connectivity index (χ2v) is 5.23. The molecule has 0 fully saturated rings. The summed E-state index contributed by atoms with van der Waals surface area (Å²) in [5.41, 5.74) is 10.4. The summed E-state index contributed by atoms with van der Waals surface area (Å²) in [5.74, 6) is 1.03. The summed E-state index contributed by atoms with van der Waals surface area (Å²) in [6.45, 7) is 2.81. The van der Waals surface area contributed by atoms with Gasteiger partial charge in [-0.3, -0.25) is 0 Å². The van der Waals surface area contributed by atoms with Crippen LogP contribution in [0.15, 0.2) is 53.9 Å². The van der Waals surface area contributed by atoms with Gasteiger partial charge in [0.1, 0.15) is 5.76 Å². The highest BCUT2D eigenvalue weighted by Crippen LogP contribution is 2.20. The van der Waals surface area contributed by atoms with Crippen LogP contribution in [0, 0.1) is 0 Å². The van der Waals surface area contributed by atoms with E-state index in [1.165, 1.54) is 11.1 Å². The molecule has 0 aliphatic heterocycles. The average molecular weight is 284 g/mol. The van der Waals surface area contributed by atoms with Gasteiger partial charge in [0.25, 0.3) is 0 Å². The number of rotatable bonds is 6. The van der Waals surface area contributed by atoms with Crippen LogP contribution in [0.3, 0.4) is 0 Å². The third kappa shape index (κ3) is 4.15. The Morgan fingerprint density at radius 1 is 1.38 bits per heavy atom. The molecule has 0 amide bonds. The number of ether oxygens (including phenoxy) is 1. The lowest BCUT2D eigenvalue weighted by Gasteiger charge is -2.15. The van der Waals surface area contributed by atoms with Gasteiger partial charge in [0.05, 0.1) is 12.3 Å². The SMILES string of the molecule is CN/C=C(\N)c1ccccc1CCOC1=C(C)CCC=C1. The maximum absolute atomic E-state index is 6.08. The minimum Gasteiger partial charge on any atom is -0.493 e. The van der Waals surface area contributed by atoms with E-state index in [0.29, 0.717) is 6.61 Å². The Kier molecular flexibility index (Phi) is 5.50. The van der Waals surface area contributed by atoms with Crippen molar-refractivity contribution in [1.82, 2.24) is 5.32 Å². The Bertz CT molecular complexity index is 570. The van der Waals surface area contributed by atoms with Crippen LogP contribution >= 0.6 is 0 Å². The monoisotopic (exact) mass is 284 g/mol. The standard InChI is InChI=1S/C18H24N2O/c1-14-7-3-6-10-18(14)21-12-11-15-8-4-5-9-16(15)17(19)13-20-2/h4-6,8-10,13,20H,3,7,11-12,19H2,1-2H3/b17-13-. The zero-order valence-electron chi connectivity index (χ0n) is 12.9. The summed E-state index contributed by atoms with van der Waals surface area (Å²) < 4.78 is 5.91. The van der Waals surface area contributed by atoms with Crippen LogP contribution in [0.5, 0.6) is 0 Å². The number of allylic oxidation sites excluding steroid dienone is 3. The highest BCUT2D eigenvalue weighted by Gasteiger charge is 2.07. The van der Waals surface area contributed by atoms with Crippen molar-refractivity contribution in [2.24, 2.45) is 5.73 Å². The lowest BCUT2D eigenvalue weighted by atomic mass is 10.0. The third-order valence-corrected chi connectivity index (χ3v) is 3.63. The van der Waals surface area contributed by atoms with E-state index < -0.39 is 0 Å². The van der Waals surface area contributed by atoms with Crippen molar-refractivity contribution in [2.75, 3.05) is 13.7 Å². The molecule has 0 aromatic heterocycles. The summed E-state index contributed by atoms with van der Waals surface area (Å²) in [4.78, 5) is 0. The second-order valence-electron chi connectivity index (χ2n) is 5.23. The van der Waals surface area contributed by atoms with Gasteiger partial charge in [0.15, 0.2) is 0 Å². The summed E-state index contributed by atoms with van der Waals surface area (Å²) in [6, 6.07) is 8.19. The van der Waals surface area contributed by atoms with E-state index in [1.807, 2.05) is 31.4 Å². The smallest absolute Gasteiger partial charge is 0.117 e. The number of nitrogens with one attached hydrogen (secondary N) is 1. The molecule has 3 N–H and O–H groups in total. The lowest BCUT2D eigenvalue weighted by molar-refractivity contribution is 0.222. The fourth-order valence-corrected chi connectivity index (χ4v) is 2.45. The van der Waals surface area contributed by atoms with Gasteiger partial charge in [-0.25, -0.2) is 0 Å². The maximum atomic E-state index is 6.08. The van der Waals surface area contributed by atoms with Gasteiger partial charge < -0.3 is 15.8 Å². The van der Waals surface area contributed by atoms with Crippen molar-refractivity contribution in [3.63, 3.8) is 0 Å². The first-order valence-electron chi connectivity index (χ1n) is 7.42. The van der Waals surface area contributed by atoms with Gasteiger partial charge in [-0.15, -0.1) is 0 Å². The van der Waals surface area contributed by atoms with Crippen LogP contribution in [0.2, 0.25) is 0 Å². The molecule has 0 unspecified atom stereocenters. The molecule has 1 aliphatic rings. The van der Waals surface area contributed by atoms with E-state index in [0.717, 1.165) is 36.3 Å². The zero-order chi connectivity index (χ0) is 15.1. The highest BCUT2D eigenvalue weighted by atomic mass is 16.5. The molecule has 3 nitrogen and oxygen atoms in total. The topological polar surface area (TPSA) is 47.3 Å². The number of hydrogen-bond donors (Lipinski definition) is 2. The van der Waals surface area contributed by atoms with Crippen LogP contribution in [0.1, 0.15) is 30.9 Å². The first kappa shape index (κ1) is 15.2. The second kappa shape index (κ2) is 7.58. The molecule has 3 heteroatoms. The minimum absolute atomic E-state index is 0.668. The van der Waals surface area contributed by atoms with Crippen molar-refractivity contribution in [2.45, 2.75) is 26.2 Å². The van der Waals surface area contributed by atoms with Crippen molar-refractivity contribution in [3.8, 4) is 0 Å². The van der Waals surface area contributed by atoms with E-state index in [2.05, 4.69) is 30.5 Å². The molecule has 112 valence electrons. The van der Waals surface area contributed by atoms with E-state index in [9.17, 15) is 0 Å². The van der Waals surface area contributed by atoms with E-state index in [1.54, 1.807) is 0 Å².